The zero-order chi connectivity index (χ0) is 10.3. The monoisotopic (exact) mass is 200 g/mol. The Hall–Kier alpha value is -1.61. The summed E-state index contributed by atoms with van der Waals surface area (Å²) in [5.41, 5.74) is 3.14. The molecule has 0 fully saturated rings. The summed E-state index contributed by atoms with van der Waals surface area (Å²) in [6.45, 7) is 2.72. The lowest BCUT2D eigenvalue weighted by Crippen LogP contribution is -2.28. The number of nitrogens with zero attached hydrogens (tertiary/aromatic N) is 1. The van der Waals surface area contributed by atoms with E-state index in [4.69, 9.17) is 0 Å². The summed E-state index contributed by atoms with van der Waals surface area (Å²) >= 11 is 0. The molecule has 2 heterocycles. The van der Waals surface area contributed by atoms with Crippen molar-refractivity contribution in [2.45, 2.75) is 13.1 Å². The van der Waals surface area contributed by atoms with Gasteiger partial charge in [-0.15, -0.1) is 0 Å². The van der Waals surface area contributed by atoms with E-state index in [2.05, 4.69) is 16.0 Å². The first-order valence-electron chi connectivity index (χ1n) is 5.18. The highest BCUT2D eigenvalue weighted by Gasteiger charge is 2.18. The summed E-state index contributed by atoms with van der Waals surface area (Å²) < 4.78 is 2.25. The molecule has 3 rings (SSSR count). The summed E-state index contributed by atoms with van der Waals surface area (Å²) in [5, 5.41) is 4.37. The van der Waals surface area contributed by atoms with Crippen molar-refractivity contribution in [2.24, 2.45) is 0 Å². The molecule has 1 aliphatic rings. The van der Waals surface area contributed by atoms with Gasteiger partial charge in [0, 0.05) is 41.8 Å². The zero-order valence-electron chi connectivity index (χ0n) is 8.36. The fourth-order valence-electron chi connectivity index (χ4n) is 2.36. The Kier molecular flexibility index (Phi) is 1.86. The van der Waals surface area contributed by atoms with Crippen LogP contribution in [-0.2, 0) is 13.1 Å². The first-order chi connectivity index (χ1) is 7.42. The van der Waals surface area contributed by atoms with E-state index in [0.29, 0.717) is 0 Å². The third kappa shape index (κ3) is 1.13. The molecule has 0 atom stereocenters. The lowest BCUT2D eigenvalue weighted by Gasteiger charge is -2.17. The van der Waals surface area contributed by atoms with E-state index in [0.717, 1.165) is 42.6 Å². The molecule has 2 aromatic rings. The summed E-state index contributed by atoms with van der Waals surface area (Å²) in [6, 6.07) is 8.10. The van der Waals surface area contributed by atoms with Gasteiger partial charge in [-0.25, -0.2) is 0 Å². The maximum Gasteiger partial charge on any atom is 0.152 e. The minimum absolute atomic E-state index is 0.794. The second-order valence-corrected chi connectivity index (χ2v) is 3.82. The Bertz CT molecular complexity index is 528. The first kappa shape index (κ1) is 8.68. The second-order valence-electron chi connectivity index (χ2n) is 3.82. The second kappa shape index (κ2) is 3.21. The van der Waals surface area contributed by atoms with Crippen LogP contribution in [-0.4, -0.2) is 17.4 Å². The number of hydrogen-bond acceptors (Lipinski definition) is 2. The fraction of sp³-hybridized carbons (Fsp3) is 0.250. The highest BCUT2D eigenvalue weighted by molar-refractivity contribution is 5.99. The van der Waals surface area contributed by atoms with Crippen LogP contribution < -0.4 is 5.32 Å². The minimum atomic E-state index is 0.794. The Labute approximate surface area is 87.7 Å². The van der Waals surface area contributed by atoms with E-state index in [-0.39, 0.29) is 0 Å². The number of fused-ring (bicyclic) bond motifs is 3. The van der Waals surface area contributed by atoms with Gasteiger partial charge in [0.25, 0.3) is 0 Å². The van der Waals surface area contributed by atoms with Gasteiger partial charge in [-0.2, -0.15) is 0 Å². The molecular formula is C12H12N2O. The summed E-state index contributed by atoms with van der Waals surface area (Å²) in [4.78, 5) is 11.1. The van der Waals surface area contributed by atoms with Gasteiger partial charge < -0.3 is 9.88 Å². The summed E-state index contributed by atoms with van der Waals surface area (Å²) in [5.74, 6) is 0. The third-order valence-corrected chi connectivity index (χ3v) is 3.04. The van der Waals surface area contributed by atoms with Crippen molar-refractivity contribution in [3.8, 4) is 0 Å². The maximum absolute atomic E-state index is 11.1. The van der Waals surface area contributed by atoms with E-state index in [1.54, 1.807) is 0 Å². The number of para-hydroxylation sites is 1. The van der Waals surface area contributed by atoms with Crippen molar-refractivity contribution >= 4 is 17.2 Å². The molecule has 3 heteroatoms. The number of benzene rings is 1. The number of carbonyl (C=O) groups excluding carboxylic acids is 1. The molecule has 3 nitrogen and oxygen atoms in total. The van der Waals surface area contributed by atoms with Gasteiger partial charge in [0.2, 0.25) is 0 Å². The highest BCUT2D eigenvalue weighted by Crippen LogP contribution is 2.26. The first-order valence-corrected chi connectivity index (χ1v) is 5.18. The minimum Gasteiger partial charge on any atom is -0.341 e. The Balaban J connectivity index is 2.42. The van der Waals surface area contributed by atoms with Gasteiger partial charge in [0.1, 0.15) is 0 Å². The smallest absolute Gasteiger partial charge is 0.152 e. The maximum atomic E-state index is 11.1. The topological polar surface area (TPSA) is 34.0 Å². The Morgan fingerprint density at radius 1 is 1.33 bits per heavy atom. The molecule has 0 saturated heterocycles. The average molecular weight is 200 g/mol. The molecule has 1 aromatic carbocycles. The van der Waals surface area contributed by atoms with Crippen molar-refractivity contribution in [1.29, 1.82) is 0 Å². The van der Waals surface area contributed by atoms with Crippen LogP contribution >= 0.6 is 0 Å². The van der Waals surface area contributed by atoms with Crippen molar-refractivity contribution in [1.82, 2.24) is 9.88 Å². The van der Waals surface area contributed by atoms with Crippen LogP contribution in [0.3, 0.4) is 0 Å². The van der Waals surface area contributed by atoms with Gasteiger partial charge in [0.05, 0.1) is 0 Å². The van der Waals surface area contributed by atoms with Gasteiger partial charge in [0.15, 0.2) is 6.29 Å². The van der Waals surface area contributed by atoms with Crippen molar-refractivity contribution < 1.29 is 4.79 Å². The zero-order valence-corrected chi connectivity index (χ0v) is 8.36. The van der Waals surface area contributed by atoms with Crippen LogP contribution in [0.4, 0.5) is 0 Å². The summed E-state index contributed by atoms with van der Waals surface area (Å²) in [6.07, 6.45) is 0.973. The molecular weight excluding hydrogens is 188 g/mol. The molecule has 1 aliphatic heterocycles. The van der Waals surface area contributed by atoms with Crippen LogP contribution in [0.25, 0.3) is 10.9 Å². The van der Waals surface area contributed by atoms with Gasteiger partial charge in [-0.05, 0) is 6.07 Å². The lowest BCUT2D eigenvalue weighted by molar-refractivity contribution is 0.112. The molecule has 0 amide bonds. The van der Waals surface area contributed by atoms with Gasteiger partial charge in [-0.1, -0.05) is 18.2 Å². The lowest BCUT2D eigenvalue weighted by atomic mass is 10.1. The van der Waals surface area contributed by atoms with Crippen molar-refractivity contribution in [3.05, 3.63) is 35.5 Å². The molecule has 76 valence electrons. The van der Waals surface area contributed by atoms with Gasteiger partial charge in [-0.3, -0.25) is 4.79 Å². The number of aldehydes is 1. The van der Waals surface area contributed by atoms with E-state index in [9.17, 15) is 4.79 Å². The normalized spacial score (nSPS) is 15.2. The number of aromatic nitrogens is 1. The van der Waals surface area contributed by atoms with E-state index in [1.807, 2.05) is 18.2 Å². The largest absolute Gasteiger partial charge is 0.341 e. The predicted octanol–water partition coefficient (Wildman–Crippen LogP) is 1.56. The van der Waals surface area contributed by atoms with Gasteiger partial charge >= 0.3 is 0 Å². The Morgan fingerprint density at radius 3 is 3.07 bits per heavy atom. The van der Waals surface area contributed by atoms with E-state index < -0.39 is 0 Å². The number of nitrogens with one attached hydrogen (secondary N) is 1. The predicted molar refractivity (Wildman–Crippen MR) is 59.0 cm³/mol. The number of rotatable bonds is 1. The fourth-order valence-corrected chi connectivity index (χ4v) is 2.36. The molecule has 0 spiro atoms. The molecule has 1 N–H and O–H groups in total. The number of hydrogen-bond donors (Lipinski definition) is 1. The molecule has 0 aliphatic carbocycles. The number of carbonyl (C=O) groups is 1. The van der Waals surface area contributed by atoms with Crippen LogP contribution in [0.5, 0.6) is 0 Å². The van der Waals surface area contributed by atoms with Crippen LogP contribution in [0.1, 0.15) is 16.1 Å². The van der Waals surface area contributed by atoms with Crippen LogP contribution in [0.2, 0.25) is 0 Å². The van der Waals surface area contributed by atoms with Crippen molar-refractivity contribution in [2.75, 3.05) is 6.54 Å². The molecule has 15 heavy (non-hydrogen) atoms. The molecule has 1 aromatic heterocycles. The van der Waals surface area contributed by atoms with Crippen LogP contribution in [0.15, 0.2) is 24.3 Å². The SMILES string of the molecule is O=Cc1c2n(c3ccccc13)CCNC2. The van der Waals surface area contributed by atoms with Crippen molar-refractivity contribution in [3.63, 3.8) is 0 Å². The summed E-state index contributed by atoms with van der Waals surface area (Å²) in [7, 11) is 0. The quantitative estimate of drug-likeness (QED) is 0.709. The van der Waals surface area contributed by atoms with Crippen LogP contribution in [0, 0.1) is 0 Å². The average Bonchev–Trinajstić information content (AvgIpc) is 2.63. The third-order valence-electron chi connectivity index (χ3n) is 3.04. The van der Waals surface area contributed by atoms with E-state index >= 15 is 0 Å². The molecule has 0 unspecified atom stereocenters. The molecule has 0 saturated carbocycles. The Morgan fingerprint density at radius 2 is 2.20 bits per heavy atom. The molecule has 0 bridgehead atoms. The standard InChI is InChI=1S/C12H12N2O/c15-8-10-9-3-1-2-4-11(9)14-6-5-13-7-12(10)14/h1-4,8,13H,5-7H2. The van der Waals surface area contributed by atoms with E-state index in [1.165, 1.54) is 5.52 Å². The highest BCUT2D eigenvalue weighted by atomic mass is 16.1. The molecule has 0 radical (unpaired) electrons.